The second kappa shape index (κ2) is 12.9. The van der Waals surface area contributed by atoms with Gasteiger partial charge in [0.2, 0.25) is 0 Å². The molecule has 0 spiro atoms. The molecule has 0 N–H and O–H groups in total. The maximum atomic E-state index is 2.57. The Labute approximate surface area is 359 Å². The minimum absolute atomic E-state index is 1.01. The van der Waals surface area contributed by atoms with E-state index >= 15 is 0 Å². The van der Waals surface area contributed by atoms with E-state index in [1.54, 1.807) is 0 Å². The number of fused-ring (bicyclic) bond motifs is 10. The lowest BCUT2D eigenvalue weighted by molar-refractivity contribution is 0.883. The van der Waals surface area contributed by atoms with Crippen LogP contribution in [-0.2, 0) is 25.7 Å². The summed E-state index contributed by atoms with van der Waals surface area (Å²) in [5, 5.41) is 10.5. The molecule has 10 aromatic carbocycles. The summed E-state index contributed by atoms with van der Waals surface area (Å²) >= 11 is 0. The molecule has 62 heavy (non-hydrogen) atoms. The van der Waals surface area contributed by atoms with Crippen LogP contribution in [0.5, 0.6) is 0 Å². The minimum atomic E-state index is 1.01. The van der Waals surface area contributed by atoms with E-state index in [0.717, 1.165) is 25.7 Å². The molecule has 14 rings (SSSR count). The molecule has 0 unspecified atom stereocenters. The summed E-state index contributed by atoms with van der Waals surface area (Å²) in [6.07, 6.45) is 4.06. The van der Waals surface area contributed by atoms with E-state index in [1.807, 2.05) is 0 Å². The summed E-state index contributed by atoms with van der Waals surface area (Å²) in [6.45, 7) is 0. The summed E-state index contributed by atoms with van der Waals surface area (Å²) in [5.74, 6) is 0. The minimum Gasteiger partial charge on any atom is -0.309 e. The average molecular weight is 789 g/mol. The van der Waals surface area contributed by atoms with E-state index in [0.29, 0.717) is 0 Å². The van der Waals surface area contributed by atoms with Gasteiger partial charge in [0.05, 0.1) is 22.1 Å². The first-order valence-electron chi connectivity index (χ1n) is 22.1. The molecule has 2 aliphatic carbocycles. The maximum absolute atomic E-state index is 2.57. The van der Waals surface area contributed by atoms with E-state index in [4.69, 9.17) is 0 Å². The van der Waals surface area contributed by atoms with Crippen LogP contribution < -0.4 is 0 Å². The molecule has 290 valence electrons. The highest BCUT2D eigenvalue weighted by molar-refractivity contribution is 6.17. The Bertz CT molecular complexity index is 3590. The maximum Gasteiger partial charge on any atom is 0.0579 e. The third-order valence-electron chi connectivity index (χ3n) is 14.2. The van der Waals surface area contributed by atoms with Crippen LogP contribution in [-0.4, -0.2) is 9.13 Å². The van der Waals surface area contributed by atoms with Crippen LogP contribution in [0, 0.1) is 0 Å². The fourth-order valence-corrected chi connectivity index (χ4v) is 11.4. The van der Waals surface area contributed by atoms with Gasteiger partial charge >= 0.3 is 0 Å². The molecule has 2 nitrogen and oxygen atoms in total. The summed E-state index contributed by atoms with van der Waals surface area (Å²) < 4.78 is 5.13. The molecule has 0 aliphatic heterocycles. The molecule has 2 aromatic heterocycles. The molecular formula is C60H40N2. The lowest BCUT2D eigenvalue weighted by atomic mass is 9.74. The second-order valence-corrected chi connectivity index (χ2v) is 17.5. The SMILES string of the molecule is c1ccc(-n2c3ccc(-c4ccc5ccccc5c4)cc3c3cc4c5c(c32)CCc2cc3c6cc(-c7ccc8ccccc8c7)ccc6n(-c6ccccc6)c3c(c2-5)CC4)cc1. The van der Waals surface area contributed by atoms with E-state index < -0.39 is 0 Å². The highest BCUT2D eigenvalue weighted by Crippen LogP contribution is 2.51. The molecular weight excluding hydrogens is 749 g/mol. The Morgan fingerprint density at radius 3 is 1.13 bits per heavy atom. The quantitative estimate of drug-likeness (QED) is 0.168. The van der Waals surface area contributed by atoms with Crippen LogP contribution in [0.25, 0.3) is 110 Å². The number of aromatic nitrogens is 2. The van der Waals surface area contributed by atoms with Gasteiger partial charge in [0.15, 0.2) is 0 Å². The Morgan fingerprint density at radius 1 is 0.290 bits per heavy atom. The summed E-state index contributed by atoms with van der Waals surface area (Å²) in [7, 11) is 0. The third kappa shape index (κ3) is 4.86. The fraction of sp³-hybridized carbons (Fsp3) is 0.0667. The van der Waals surface area contributed by atoms with Gasteiger partial charge in [0, 0.05) is 32.9 Å². The highest BCUT2D eigenvalue weighted by atomic mass is 15.0. The average Bonchev–Trinajstić information content (AvgIpc) is 3.85. The fourth-order valence-electron chi connectivity index (χ4n) is 11.4. The predicted octanol–water partition coefficient (Wildman–Crippen LogP) is 15.4. The zero-order valence-electron chi connectivity index (χ0n) is 34.2. The molecule has 12 aromatic rings. The number of rotatable bonds is 4. The number of nitrogens with zero attached hydrogens (tertiary/aromatic N) is 2. The first-order valence-corrected chi connectivity index (χ1v) is 22.1. The van der Waals surface area contributed by atoms with E-state index in [1.165, 1.54) is 132 Å². The number of para-hydroxylation sites is 2. The Kier molecular flexibility index (Phi) is 7.10. The first-order chi connectivity index (χ1) is 30.7. The van der Waals surface area contributed by atoms with Crippen molar-refractivity contribution >= 4 is 65.2 Å². The molecule has 0 atom stereocenters. The van der Waals surface area contributed by atoms with Crippen molar-refractivity contribution in [2.45, 2.75) is 25.7 Å². The van der Waals surface area contributed by atoms with Crippen LogP contribution in [0.1, 0.15) is 22.3 Å². The number of aryl methyl sites for hydroxylation is 4. The van der Waals surface area contributed by atoms with E-state index in [9.17, 15) is 0 Å². The van der Waals surface area contributed by atoms with Gasteiger partial charge in [0.1, 0.15) is 0 Å². The predicted molar refractivity (Wildman–Crippen MR) is 261 cm³/mol. The van der Waals surface area contributed by atoms with Crippen molar-refractivity contribution in [3.8, 4) is 44.8 Å². The molecule has 0 saturated carbocycles. The van der Waals surface area contributed by atoms with Crippen LogP contribution in [0.2, 0.25) is 0 Å². The molecule has 0 amide bonds. The van der Waals surface area contributed by atoms with Crippen LogP contribution in [0.3, 0.4) is 0 Å². The van der Waals surface area contributed by atoms with Crippen LogP contribution in [0.4, 0.5) is 0 Å². The summed E-state index contributed by atoms with van der Waals surface area (Å²) in [5.41, 5.74) is 21.7. The molecule has 0 bridgehead atoms. The van der Waals surface area contributed by atoms with Crippen LogP contribution >= 0.6 is 0 Å². The topological polar surface area (TPSA) is 9.86 Å². The van der Waals surface area contributed by atoms with Crippen molar-refractivity contribution in [1.82, 2.24) is 9.13 Å². The van der Waals surface area contributed by atoms with Gasteiger partial charge in [-0.1, -0.05) is 121 Å². The first kappa shape index (κ1) is 34.1. The van der Waals surface area contributed by atoms with Gasteiger partial charge < -0.3 is 9.13 Å². The number of benzene rings is 10. The van der Waals surface area contributed by atoms with Gasteiger partial charge in [-0.3, -0.25) is 0 Å². The monoisotopic (exact) mass is 788 g/mol. The number of hydrogen-bond acceptors (Lipinski definition) is 0. The molecule has 0 saturated heterocycles. The Hall–Kier alpha value is -7.68. The summed E-state index contributed by atoms with van der Waals surface area (Å²) in [4.78, 5) is 0. The Morgan fingerprint density at radius 2 is 0.677 bits per heavy atom. The van der Waals surface area contributed by atoms with Gasteiger partial charge in [-0.25, -0.2) is 0 Å². The van der Waals surface area contributed by atoms with Crippen molar-refractivity contribution in [3.63, 3.8) is 0 Å². The van der Waals surface area contributed by atoms with Crippen molar-refractivity contribution in [1.29, 1.82) is 0 Å². The lowest BCUT2D eigenvalue weighted by Gasteiger charge is -2.31. The largest absolute Gasteiger partial charge is 0.309 e. The van der Waals surface area contributed by atoms with Gasteiger partial charge in [-0.2, -0.15) is 0 Å². The molecule has 0 radical (unpaired) electrons. The zero-order valence-corrected chi connectivity index (χ0v) is 34.2. The third-order valence-corrected chi connectivity index (χ3v) is 14.2. The second-order valence-electron chi connectivity index (χ2n) is 17.5. The van der Waals surface area contributed by atoms with Crippen molar-refractivity contribution in [2.24, 2.45) is 0 Å². The molecule has 0 fully saturated rings. The standard InChI is InChI=1S/C60H40N2/c1-3-15-47(16-4-1)61-55-29-25-43(41-21-19-37-11-7-9-13-39(37)31-41)33-51(55)53-35-45-24-28-50-58-46(23-27-49(57(45)58)59(53)61)36-54-52-34-44(42-22-20-38-12-8-10-14-40(38)32-42)26-30-56(52)62(60(50)54)48-17-5-2-6-18-48/h1-22,25-26,29-36H,23-24,27-28H2. The van der Waals surface area contributed by atoms with Gasteiger partial charge in [-0.15, -0.1) is 0 Å². The summed E-state index contributed by atoms with van der Waals surface area (Å²) in [6, 6.07) is 72.7. The van der Waals surface area contributed by atoms with Crippen molar-refractivity contribution in [2.75, 3.05) is 0 Å². The molecule has 2 aliphatic rings. The van der Waals surface area contributed by atoms with Crippen LogP contribution in [0.15, 0.2) is 194 Å². The molecule has 2 heteroatoms. The van der Waals surface area contributed by atoms with E-state index in [-0.39, 0.29) is 0 Å². The van der Waals surface area contributed by atoms with E-state index in [2.05, 4.69) is 203 Å². The van der Waals surface area contributed by atoms with Gasteiger partial charge in [-0.05, 0) is 176 Å². The van der Waals surface area contributed by atoms with Crippen molar-refractivity contribution < 1.29 is 0 Å². The number of hydrogen-bond donors (Lipinski definition) is 0. The Balaban J connectivity index is 1.03. The molecule has 2 heterocycles. The van der Waals surface area contributed by atoms with Gasteiger partial charge in [0.25, 0.3) is 0 Å². The highest BCUT2D eigenvalue weighted by Gasteiger charge is 2.33. The normalized spacial score (nSPS) is 13.2. The smallest absolute Gasteiger partial charge is 0.0579 e. The van der Waals surface area contributed by atoms with Crippen molar-refractivity contribution in [3.05, 3.63) is 216 Å². The lowest BCUT2D eigenvalue weighted by Crippen LogP contribution is -2.16. The zero-order chi connectivity index (χ0) is 40.5.